The van der Waals surface area contributed by atoms with Gasteiger partial charge >= 0.3 is 0 Å². The van der Waals surface area contributed by atoms with Gasteiger partial charge in [-0.25, -0.2) is 0 Å². The molecule has 13 heavy (non-hydrogen) atoms. The normalized spacial score (nSPS) is 10.2. The summed E-state index contributed by atoms with van der Waals surface area (Å²) < 4.78 is 0.393. The first-order valence-electron chi connectivity index (χ1n) is 4.55. The van der Waals surface area contributed by atoms with E-state index >= 15 is 0 Å². The van der Waals surface area contributed by atoms with Gasteiger partial charge in [-0.2, -0.15) is 0 Å². The molecule has 1 aromatic rings. The molecule has 1 aromatic heterocycles. The van der Waals surface area contributed by atoms with Crippen LogP contribution in [-0.2, 0) is 6.42 Å². The van der Waals surface area contributed by atoms with Gasteiger partial charge in [0.05, 0.1) is 0 Å². The fraction of sp³-hybridized carbons (Fsp3) is 0.556. The summed E-state index contributed by atoms with van der Waals surface area (Å²) in [6, 6.07) is 0. The summed E-state index contributed by atoms with van der Waals surface area (Å²) in [5.41, 5.74) is 0.738. The van der Waals surface area contributed by atoms with Crippen molar-refractivity contribution < 1.29 is 0 Å². The molecule has 0 saturated heterocycles. The molecule has 0 amide bonds. The molecule has 0 saturated carbocycles. The van der Waals surface area contributed by atoms with Crippen LogP contribution in [0.15, 0.2) is 11.0 Å². The standard InChI is InChI=1S/C9H14N2OS/c1-2-3-4-5-7-6-10-9(13)11-8(7)12/h6H,2-5H2,1H3,(H2,10,11,12,13). The number of aryl methyl sites for hydroxylation is 1. The Kier molecular flexibility index (Phi) is 3.89. The monoisotopic (exact) mass is 198 g/mol. The van der Waals surface area contributed by atoms with Gasteiger partial charge in [-0.1, -0.05) is 19.8 Å². The molecule has 1 heterocycles. The molecule has 4 heteroatoms. The van der Waals surface area contributed by atoms with Gasteiger partial charge in [0.15, 0.2) is 4.77 Å². The molecule has 0 aliphatic carbocycles. The molecule has 0 atom stereocenters. The number of unbranched alkanes of at least 4 members (excludes halogenated alkanes) is 2. The van der Waals surface area contributed by atoms with Crippen molar-refractivity contribution in [3.63, 3.8) is 0 Å². The van der Waals surface area contributed by atoms with Crippen LogP contribution in [0.5, 0.6) is 0 Å². The quantitative estimate of drug-likeness (QED) is 0.575. The van der Waals surface area contributed by atoms with Crippen LogP contribution in [-0.4, -0.2) is 9.97 Å². The molecule has 72 valence electrons. The highest BCUT2D eigenvalue weighted by molar-refractivity contribution is 7.71. The Morgan fingerprint density at radius 1 is 1.46 bits per heavy atom. The molecule has 0 bridgehead atoms. The number of H-pyrrole nitrogens is 2. The molecule has 0 aliphatic rings. The third-order valence-corrected chi connectivity index (χ3v) is 2.17. The van der Waals surface area contributed by atoms with Crippen molar-refractivity contribution in [1.82, 2.24) is 9.97 Å². The summed E-state index contributed by atoms with van der Waals surface area (Å²) in [4.78, 5) is 16.7. The lowest BCUT2D eigenvalue weighted by Crippen LogP contribution is -2.13. The van der Waals surface area contributed by atoms with Gasteiger partial charge in [0.25, 0.3) is 5.56 Å². The van der Waals surface area contributed by atoms with E-state index < -0.39 is 0 Å². The summed E-state index contributed by atoms with van der Waals surface area (Å²) in [6.07, 6.45) is 5.92. The van der Waals surface area contributed by atoms with Crippen LogP contribution in [0.3, 0.4) is 0 Å². The Balaban J connectivity index is 2.67. The average Bonchev–Trinajstić information content (AvgIpc) is 2.09. The Morgan fingerprint density at radius 3 is 2.85 bits per heavy atom. The lowest BCUT2D eigenvalue weighted by Gasteiger charge is -1.98. The largest absolute Gasteiger partial charge is 0.338 e. The predicted octanol–water partition coefficient (Wildman–Crippen LogP) is 2.17. The van der Waals surface area contributed by atoms with Crippen molar-refractivity contribution in [3.8, 4) is 0 Å². The molecule has 3 nitrogen and oxygen atoms in total. The highest BCUT2D eigenvalue weighted by Gasteiger charge is 1.97. The topological polar surface area (TPSA) is 48.6 Å². The molecule has 2 N–H and O–H groups in total. The molecule has 1 rings (SSSR count). The Hall–Kier alpha value is -0.900. The number of aromatic amines is 2. The number of hydrogen-bond donors (Lipinski definition) is 2. The van der Waals surface area contributed by atoms with E-state index in [0.29, 0.717) is 4.77 Å². The van der Waals surface area contributed by atoms with Crippen LogP contribution >= 0.6 is 12.2 Å². The average molecular weight is 198 g/mol. The minimum absolute atomic E-state index is 0.0557. The van der Waals surface area contributed by atoms with Gasteiger partial charge in [-0.05, 0) is 25.1 Å². The van der Waals surface area contributed by atoms with Gasteiger partial charge in [0.2, 0.25) is 0 Å². The van der Waals surface area contributed by atoms with Crippen LogP contribution in [0.2, 0.25) is 0 Å². The van der Waals surface area contributed by atoms with Crippen molar-refractivity contribution >= 4 is 12.2 Å². The first-order chi connectivity index (χ1) is 6.24. The van der Waals surface area contributed by atoms with Crippen molar-refractivity contribution in [2.45, 2.75) is 32.6 Å². The summed E-state index contributed by atoms with van der Waals surface area (Å²) in [5.74, 6) is 0. The lowest BCUT2D eigenvalue weighted by atomic mass is 10.1. The minimum Gasteiger partial charge on any atom is -0.338 e. The summed E-state index contributed by atoms with van der Waals surface area (Å²) in [7, 11) is 0. The third-order valence-electron chi connectivity index (χ3n) is 1.95. The number of aromatic nitrogens is 2. The van der Waals surface area contributed by atoms with Gasteiger partial charge in [0.1, 0.15) is 0 Å². The zero-order valence-electron chi connectivity index (χ0n) is 7.72. The molecule has 0 aliphatic heterocycles. The zero-order chi connectivity index (χ0) is 9.68. The van der Waals surface area contributed by atoms with Crippen LogP contribution in [0.1, 0.15) is 31.7 Å². The van der Waals surface area contributed by atoms with Gasteiger partial charge in [0, 0.05) is 11.8 Å². The molecule has 0 unspecified atom stereocenters. The fourth-order valence-corrected chi connectivity index (χ4v) is 1.34. The van der Waals surface area contributed by atoms with E-state index in [1.165, 1.54) is 6.42 Å². The second-order valence-corrected chi connectivity index (χ2v) is 3.46. The van der Waals surface area contributed by atoms with E-state index in [-0.39, 0.29) is 5.56 Å². The highest BCUT2D eigenvalue weighted by atomic mass is 32.1. The van der Waals surface area contributed by atoms with E-state index in [4.69, 9.17) is 12.2 Å². The molecule has 0 aromatic carbocycles. The first-order valence-corrected chi connectivity index (χ1v) is 4.95. The SMILES string of the molecule is CCCCCc1c[nH]c(=S)[nH]c1=O. The summed E-state index contributed by atoms with van der Waals surface area (Å²) in [6.45, 7) is 2.14. The van der Waals surface area contributed by atoms with Crippen LogP contribution in [0, 0.1) is 4.77 Å². The van der Waals surface area contributed by atoms with Gasteiger partial charge in [-0.3, -0.25) is 9.78 Å². The van der Waals surface area contributed by atoms with Gasteiger partial charge < -0.3 is 4.98 Å². The maximum absolute atomic E-state index is 11.3. The Labute approximate surface area is 82.2 Å². The van der Waals surface area contributed by atoms with E-state index in [2.05, 4.69) is 16.9 Å². The molecule has 0 fully saturated rings. The maximum atomic E-state index is 11.3. The number of hydrogen-bond acceptors (Lipinski definition) is 2. The van der Waals surface area contributed by atoms with Crippen molar-refractivity contribution in [1.29, 1.82) is 0 Å². The molecule has 0 radical (unpaired) electrons. The van der Waals surface area contributed by atoms with E-state index in [0.717, 1.165) is 24.8 Å². The second-order valence-electron chi connectivity index (χ2n) is 3.05. The summed E-state index contributed by atoms with van der Waals surface area (Å²) in [5, 5.41) is 0. The minimum atomic E-state index is -0.0557. The third kappa shape index (κ3) is 3.14. The van der Waals surface area contributed by atoms with Crippen molar-refractivity contribution in [2.75, 3.05) is 0 Å². The lowest BCUT2D eigenvalue weighted by molar-refractivity contribution is 0.710. The predicted molar refractivity (Wildman–Crippen MR) is 55.5 cm³/mol. The first kappa shape index (κ1) is 10.2. The number of rotatable bonds is 4. The van der Waals surface area contributed by atoms with Crippen LogP contribution in [0.25, 0.3) is 0 Å². The Morgan fingerprint density at radius 2 is 2.23 bits per heavy atom. The van der Waals surface area contributed by atoms with Crippen molar-refractivity contribution in [3.05, 3.63) is 26.9 Å². The van der Waals surface area contributed by atoms with E-state index in [1.807, 2.05) is 0 Å². The maximum Gasteiger partial charge on any atom is 0.254 e. The van der Waals surface area contributed by atoms with Gasteiger partial charge in [-0.15, -0.1) is 0 Å². The molecule has 0 spiro atoms. The second kappa shape index (κ2) is 4.97. The molecular formula is C9H14N2OS. The fourth-order valence-electron chi connectivity index (χ4n) is 1.19. The van der Waals surface area contributed by atoms with E-state index in [1.54, 1.807) is 6.20 Å². The highest BCUT2D eigenvalue weighted by Crippen LogP contribution is 2.00. The Bertz CT molecular complexity index is 366. The van der Waals surface area contributed by atoms with Crippen molar-refractivity contribution in [2.24, 2.45) is 0 Å². The van der Waals surface area contributed by atoms with Crippen LogP contribution in [0.4, 0.5) is 0 Å². The smallest absolute Gasteiger partial charge is 0.254 e. The van der Waals surface area contributed by atoms with Crippen LogP contribution < -0.4 is 5.56 Å². The summed E-state index contributed by atoms with van der Waals surface area (Å²) >= 11 is 4.78. The molecular weight excluding hydrogens is 184 g/mol. The van der Waals surface area contributed by atoms with E-state index in [9.17, 15) is 4.79 Å². The number of nitrogens with one attached hydrogen (secondary N) is 2. The zero-order valence-corrected chi connectivity index (χ0v) is 8.54.